The standard InChI is InChI=1S/C14H18N4O2/c1-20-8-7-17-13(19)4-6-16-12-10-15-9-11-3-2-5-18-14(11)12/h2-3,5,9-10,16H,4,6-8H2,1H3,(H,17,19). The molecule has 6 heteroatoms. The minimum Gasteiger partial charge on any atom is -0.383 e. The monoisotopic (exact) mass is 274 g/mol. The molecule has 0 unspecified atom stereocenters. The van der Waals surface area contributed by atoms with Gasteiger partial charge in [0, 0.05) is 44.4 Å². The summed E-state index contributed by atoms with van der Waals surface area (Å²) in [6, 6.07) is 3.83. The fourth-order valence-corrected chi connectivity index (χ4v) is 1.82. The Morgan fingerprint density at radius 3 is 3.10 bits per heavy atom. The third kappa shape index (κ3) is 3.89. The summed E-state index contributed by atoms with van der Waals surface area (Å²) in [5.41, 5.74) is 1.70. The van der Waals surface area contributed by atoms with Crippen molar-refractivity contribution in [3.05, 3.63) is 30.7 Å². The zero-order valence-electron chi connectivity index (χ0n) is 11.4. The van der Waals surface area contributed by atoms with Gasteiger partial charge < -0.3 is 15.4 Å². The SMILES string of the molecule is COCCNC(=O)CCNc1cncc2cccnc12. The molecule has 20 heavy (non-hydrogen) atoms. The third-order valence-corrected chi connectivity index (χ3v) is 2.81. The number of methoxy groups -OCH3 is 1. The maximum atomic E-state index is 11.5. The number of rotatable bonds is 7. The number of ether oxygens (including phenoxy) is 1. The molecule has 0 aromatic carbocycles. The number of carbonyl (C=O) groups is 1. The van der Waals surface area contributed by atoms with Crippen molar-refractivity contribution in [1.29, 1.82) is 0 Å². The van der Waals surface area contributed by atoms with Gasteiger partial charge >= 0.3 is 0 Å². The van der Waals surface area contributed by atoms with Gasteiger partial charge in [-0.25, -0.2) is 0 Å². The van der Waals surface area contributed by atoms with Crippen LogP contribution in [0.1, 0.15) is 6.42 Å². The maximum absolute atomic E-state index is 11.5. The van der Waals surface area contributed by atoms with Gasteiger partial charge in [-0.2, -0.15) is 0 Å². The second kappa shape index (κ2) is 7.40. The van der Waals surface area contributed by atoms with E-state index in [0.717, 1.165) is 16.6 Å². The lowest BCUT2D eigenvalue weighted by molar-refractivity contribution is -0.121. The van der Waals surface area contributed by atoms with Crippen LogP contribution >= 0.6 is 0 Å². The Balaban J connectivity index is 1.85. The minimum atomic E-state index is -0.00398. The summed E-state index contributed by atoms with van der Waals surface area (Å²) in [6.45, 7) is 1.60. The van der Waals surface area contributed by atoms with E-state index in [1.165, 1.54) is 0 Å². The second-order valence-electron chi connectivity index (χ2n) is 4.28. The van der Waals surface area contributed by atoms with Gasteiger partial charge in [0.2, 0.25) is 5.91 Å². The fourth-order valence-electron chi connectivity index (χ4n) is 1.82. The number of carbonyl (C=O) groups excluding carboxylic acids is 1. The number of nitrogens with zero attached hydrogens (tertiary/aromatic N) is 2. The summed E-state index contributed by atoms with van der Waals surface area (Å²) in [5, 5.41) is 6.94. The molecule has 2 N–H and O–H groups in total. The Morgan fingerprint density at radius 2 is 2.25 bits per heavy atom. The van der Waals surface area contributed by atoms with Gasteiger partial charge in [-0.1, -0.05) is 0 Å². The van der Waals surface area contributed by atoms with Crippen LogP contribution in [0.3, 0.4) is 0 Å². The number of nitrogens with one attached hydrogen (secondary N) is 2. The van der Waals surface area contributed by atoms with Crippen molar-refractivity contribution in [2.45, 2.75) is 6.42 Å². The lowest BCUT2D eigenvalue weighted by Gasteiger charge is -2.08. The molecule has 0 saturated carbocycles. The molecule has 6 nitrogen and oxygen atoms in total. The predicted molar refractivity (Wildman–Crippen MR) is 77.5 cm³/mol. The van der Waals surface area contributed by atoms with Crippen molar-refractivity contribution in [2.24, 2.45) is 0 Å². The molecular weight excluding hydrogens is 256 g/mol. The van der Waals surface area contributed by atoms with E-state index in [0.29, 0.717) is 26.1 Å². The molecule has 1 amide bonds. The normalized spacial score (nSPS) is 10.4. The maximum Gasteiger partial charge on any atom is 0.221 e. The molecule has 0 fully saturated rings. The van der Waals surface area contributed by atoms with Gasteiger partial charge in [-0.05, 0) is 12.1 Å². The third-order valence-electron chi connectivity index (χ3n) is 2.81. The Labute approximate surface area is 117 Å². The van der Waals surface area contributed by atoms with Crippen molar-refractivity contribution in [2.75, 3.05) is 32.1 Å². The van der Waals surface area contributed by atoms with Gasteiger partial charge in [0.25, 0.3) is 0 Å². The zero-order chi connectivity index (χ0) is 14.2. The molecule has 0 radical (unpaired) electrons. The first-order valence-corrected chi connectivity index (χ1v) is 6.49. The summed E-state index contributed by atoms with van der Waals surface area (Å²) < 4.78 is 4.87. The van der Waals surface area contributed by atoms with Crippen molar-refractivity contribution in [3.63, 3.8) is 0 Å². The highest BCUT2D eigenvalue weighted by atomic mass is 16.5. The van der Waals surface area contributed by atoms with Crippen LogP contribution in [0.25, 0.3) is 10.9 Å². The summed E-state index contributed by atoms with van der Waals surface area (Å²) in [4.78, 5) is 20.0. The van der Waals surface area contributed by atoms with E-state index in [2.05, 4.69) is 20.6 Å². The van der Waals surface area contributed by atoms with Gasteiger partial charge in [-0.3, -0.25) is 14.8 Å². The molecule has 0 atom stereocenters. The van der Waals surface area contributed by atoms with E-state index in [4.69, 9.17) is 4.74 Å². The molecule has 0 aliphatic carbocycles. The van der Waals surface area contributed by atoms with Crippen LogP contribution in [0.2, 0.25) is 0 Å². The predicted octanol–water partition coefficient (Wildman–Crippen LogP) is 1.19. The molecule has 0 aliphatic rings. The van der Waals surface area contributed by atoms with Gasteiger partial charge in [0.15, 0.2) is 0 Å². The molecule has 2 aromatic rings. The van der Waals surface area contributed by atoms with E-state index in [9.17, 15) is 4.79 Å². The van der Waals surface area contributed by atoms with E-state index >= 15 is 0 Å². The summed E-state index contributed by atoms with van der Waals surface area (Å²) in [6.07, 6.45) is 5.63. The van der Waals surface area contributed by atoms with Crippen molar-refractivity contribution in [1.82, 2.24) is 15.3 Å². The van der Waals surface area contributed by atoms with Crippen LogP contribution in [0.5, 0.6) is 0 Å². The molecule has 2 rings (SSSR count). The molecular formula is C14H18N4O2. The molecule has 0 spiro atoms. The number of aromatic nitrogens is 2. The Kier molecular flexibility index (Phi) is 5.25. The Hall–Kier alpha value is -2.21. The number of hydrogen-bond donors (Lipinski definition) is 2. The van der Waals surface area contributed by atoms with Gasteiger partial charge in [0.05, 0.1) is 24.0 Å². The topological polar surface area (TPSA) is 76.1 Å². The molecule has 0 bridgehead atoms. The zero-order valence-corrected chi connectivity index (χ0v) is 11.4. The smallest absolute Gasteiger partial charge is 0.221 e. The Bertz CT molecular complexity index is 569. The largest absolute Gasteiger partial charge is 0.383 e. The summed E-state index contributed by atoms with van der Waals surface area (Å²) in [7, 11) is 1.61. The van der Waals surface area contributed by atoms with Crippen LogP contribution in [0.4, 0.5) is 5.69 Å². The fraction of sp³-hybridized carbons (Fsp3) is 0.357. The summed E-state index contributed by atoms with van der Waals surface area (Å²) in [5.74, 6) is -0.00398. The lowest BCUT2D eigenvalue weighted by atomic mass is 10.2. The van der Waals surface area contributed by atoms with E-state index < -0.39 is 0 Å². The first-order valence-electron chi connectivity index (χ1n) is 6.49. The molecule has 0 saturated heterocycles. The van der Waals surface area contributed by atoms with Gasteiger partial charge in [0.1, 0.15) is 0 Å². The van der Waals surface area contributed by atoms with Crippen LogP contribution in [-0.2, 0) is 9.53 Å². The number of hydrogen-bond acceptors (Lipinski definition) is 5. The van der Waals surface area contributed by atoms with Crippen LogP contribution in [0, 0.1) is 0 Å². The first-order chi connectivity index (χ1) is 9.81. The quantitative estimate of drug-likeness (QED) is 0.742. The highest BCUT2D eigenvalue weighted by molar-refractivity contribution is 5.89. The summed E-state index contributed by atoms with van der Waals surface area (Å²) >= 11 is 0. The number of anilines is 1. The van der Waals surface area contributed by atoms with Crippen molar-refractivity contribution < 1.29 is 9.53 Å². The lowest BCUT2D eigenvalue weighted by Crippen LogP contribution is -2.28. The molecule has 2 heterocycles. The first kappa shape index (κ1) is 14.2. The van der Waals surface area contributed by atoms with E-state index in [1.54, 1.807) is 25.7 Å². The van der Waals surface area contributed by atoms with Crippen LogP contribution in [0.15, 0.2) is 30.7 Å². The number of pyridine rings is 2. The van der Waals surface area contributed by atoms with Crippen LogP contribution < -0.4 is 10.6 Å². The van der Waals surface area contributed by atoms with Crippen molar-refractivity contribution >= 4 is 22.5 Å². The van der Waals surface area contributed by atoms with E-state index in [1.807, 2.05) is 12.1 Å². The molecule has 106 valence electrons. The minimum absolute atomic E-state index is 0.00398. The average Bonchev–Trinajstić information content (AvgIpc) is 2.48. The second-order valence-corrected chi connectivity index (χ2v) is 4.28. The molecule has 0 aliphatic heterocycles. The highest BCUT2D eigenvalue weighted by Gasteiger charge is 2.04. The molecule has 2 aromatic heterocycles. The Morgan fingerprint density at radius 1 is 1.35 bits per heavy atom. The highest BCUT2D eigenvalue weighted by Crippen LogP contribution is 2.18. The van der Waals surface area contributed by atoms with Crippen LogP contribution in [-0.4, -0.2) is 42.7 Å². The van der Waals surface area contributed by atoms with E-state index in [-0.39, 0.29) is 5.91 Å². The van der Waals surface area contributed by atoms with Crippen molar-refractivity contribution in [3.8, 4) is 0 Å². The number of amides is 1. The van der Waals surface area contributed by atoms with Gasteiger partial charge in [-0.15, -0.1) is 0 Å². The average molecular weight is 274 g/mol. The number of fused-ring (bicyclic) bond motifs is 1.